The van der Waals surface area contributed by atoms with Crippen LogP contribution in [0.5, 0.6) is 23.0 Å². The molecule has 0 aromatic heterocycles. The number of fused-ring (bicyclic) bond motifs is 1. The second kappa shape index (κ2) is 10.2. The fourth-order valence-electron chi connectivity index (χ4n) is 2.95. The van der Waals surface area contributed by atoms with Gasteiger partial charge in [0.05, 0.1) is 13.2 Å². The third kappa shape index (κ3) is 6.42. The maximum atomic E-state index is 6.14. The van der Waals surface area contributed by atoms with Crippen LogP contribution in [0, 0.1) is 11.8 Å². The summed E-state index contributed by atoms with van der Waals surface area (Å²) < 4.78 is 18.2. The van der Waals surface area contributed by atoms with Crippen molar-refractivity contribution in [2.24, 2.45) is 11.8 Å². The molecule has 0 saturated heterocycles. The van der Waals surface area contributed by atoms with Gasteiger partial charge in [-0.25, -0.2) is 0 Å². The van der Waals surface area contributed by atoms with E-state index < -0.39 is 0 Å². The van der Waals surface area contributed by atoms with Gasteiger partial charge in [-0.3, -0.25) is 0 Å². The summed E-state index contributed by atoms with van der Waals surface area (Å²) in [6.07, 6.45) is 2.05. The molecule has 3 aromatic carbocycles. The van der Waals surface area contributed by atoms with Gasteiger partial charge in [0.25, 0.3) is 0 Å². The van der Waals surface area contributed by atoms with Crippen LogP contribution in [0.2, 0.25) is 0 Å². The molecular formula is C26H32O3. The Morgan fingerprint density at radius 1 is 0.621 bits per heavy atom. The lowest BCUT2D eigenvalue weighted by atomic mass is 10.1. The van der Waals surface area contributed by atoms with Gasteiger partial charge in [0, 0.05) is 0 Å². The first-order valence-electron chi connectivity index (χ1n) is 10.6. The molecule has 0 unspecified atom stereocenters. The SMILES string of the molecule is CC(C)CCOc1ccc2cc(Oc3ccccc3)c(OCCC(C)C)cc2c1. The standard InChI is InChI=1S/C26H32O3/c1-19(2)12-14-27-24-11-10-21-17-26(29-23-8-6-5-7-9-23)25(18-22(21)16-24)28-15-13-20(3)4/h5-11,16-20H,12-15H2,1-4H3. The average Bonchev–Trinajstić information content (AvgIpc) is 2.68. The average molecular weight is 393 g/mol. The van der Waals surface area contributed by atoms with Crippen molar-refractivity contribution in [3.8, 4) is 23.0 Å². The Bertz CT molecular complexity index is 900. The van der Waals surface area contributed by atoms with Crippen LogP contribution in [0.25, 0.3) is 10.8 Å². The zero-order valence-corrected chi connectivity index (χ0v) is 18.0. The topological polar surface area (TPSA) is 27.7 Å². The van der Waals surface area contributed by atoms with E-state index in [1.165, 1.54) is 0 Å². The van der Waals surface area contributed by atoms with Crippen molar-refractivity contribution in [1.82, 2.24) is 0 Å². The molecule has 0 atom stereocenters. The molecule has 0 radical (unpaired) electrons. The van der Waals surface area contributed by atoms with Crippen molar-refractivity contribution in [2.45, 2.75) is 40.5 Å². The van der Waals surface area contributed by atoms with Crippen molar-refractivity contribution >= 4 is 10.8 Å². The van der Waals surface area contributed by atoms with Crippen LogP contribution < -0.4 is 14.2 Å². The van der Waals surface area contributed by atoms with E-state index in [0.717, 1.165) is 53.2 Å². The van der Waals surface area contributed by atoms with E-state index in [1.54, 1.807) is 0 Å². The summed E-state index contributed by atoms with van der Waals surface area (Å²) >= 11 is 0. The van der Waals surface area contributed by atoms with Gasteiger partial charge in [-0.1, -0.05) is 52.0 Å². The lowest BCUT2D eigenvalue weighted by molar-refractivity contribution is 0.278. The summed E-state index contributed by atoms with van der Waals surface area (Å²) in [5.41, 5.74) is 0. The molecule has 0 amide bonds. The Morgan fingerprint density at radius 2 is 1.28 bits per heavy atom. The number of para-hydroxylation sites is 1. The molecule has 0 aliphatic carbocycles. The van der Waals surface area contributed by atoms with Crippen molar-refractivity contribution in [1.29, 1.82) is 0 Å². The molecule has 29 heavy (non-hydrogen) atoms. The third-order valence-electron chi connectivity index (χ3n) is 4.76. The van der Waals surface area contributed by atoms with Gasteiger partial charge in [0.1, 0.15) is 11.5 Å². The number of hydrogen-bond acceptors (Lipinski definition) is 3. The van der Waals surface area contributed by atoms with Crippen LogP contribution in [0.3, 0.4) is 0 Å². The van der Waals surface area contributed by atoms with Crippen LogP contribution >= 0.6 is 0 Å². The predicted molar refractivity (Wildman–Crippen MR) is 120 cm³/mol. The van der Waals surface area contributed by atoms with Crippen LogP contribution in [0.1, 0.15) is 40.5 Å². The van der Waals surface area contributed by atoms with E-state index in [1.807, 2.05) is 42.5 Å². The molecule has 3 rings (SSSR count). The lowest BCUT2D eigenvalue weighted by Gasteiger charge is -2.15. The van der Waals surface area contributed by atoms with E-state index in [-0.39, 0.29) is 0 Å². The highest BCUT2D eigenvalue weighted by atomic mass is 16.5. The summed E-state index contributed by atoms with van der Waals surface area (Å²) in [7, 11) is 0. The predicted octanol–water partition coefficient (Wildman–Crippen LogP) is 7.48. The quantitative estimate of drug-likeness (QED) is 0.358. The van der Waals surface area contributed by atoms with Gasteiger partial charge in [0.2, 0.25) is 0 Å². The molecule has 0 aliphatic rings. The Hall–Kier alpha value is -2.68. The molecule has 154 valence electrons. The summed E-state index contributed by atoms with van der Waals surface area (Å²) in [6, 6.07) is 20.1. The highest BCUT2D eigenvalue weighted by molar-refractivity contribution is 5.87. The first-order chi connectivity index (χ1) is 14.0. The Kier molecular flexibility index (Phi) is 7.40. The van der Waals surface area contributed by atoms with Gasteiger partial charge in [0.15, 0.2) is 11.5 Å². The summed E-state index contributed by atoms with van der Waals surface area (Å²) in [5.74, 6) is 4.42. The zero-order chi connectivity index (χ0) is 20.6. The van der Waals surface area contributed by atoms with Crippen molar-refractivity contribution < 1.29 is 14.2 Å². The molecular weight excluding hydrogens is 360 g/mol. The fraction of sp³-hybridized carbons (Fsp3) is 0.385. The Labute approximate surface area is 174 Å². The molecule has 0 saturated carbocycles. The second-order valence-electron chi connectivity index (χ2n) is 8.28. The fourth-order valence-corrected chi connectivity index (χ4v) is 2.95. The first kappa shape index (κ1) is 21.0. The molecule has 0 N–H and O–H groups in total. The summed E-state index contributed by atoms with van der Waals surface area (Å²) in [4.78, 5) is 0. The van der Waals surface area contributed by atoms with Crippen molar-refractivity contribution in [2.75, 3.05) is 13.2 Å². The van der Waals surface area contributed by atoms with Crippen LogP contribution in [0.4, 0.5) is 0 Å². The molecule has 0 aliphatic heterocycles. The number of hydrogen-bond donors (Lipinski definition) is 0. The summed E-state index contributed by atoms with van der Waals surface area (Å²) in [6.45, 7) is 10.2. The smallest absolute Gasteiger partial charge is 0.169 e. The highest BCUT2D eigenvalue weighted by Crippen LogP contribution is 2.37. The van der Waals surface area contributed by atoms with E-state index in [9.17, 15) is 0 Å². The molecule has 3 heteroatoms. The van der Waals surface area contributed by atoms with Gasteiger partial charge in [-0.05, 0) is 71.8 Å². The molecule has 3 nitrogen and oxygen atoms in total. The van der Waals surface area contributed by atoms with Gasteiger partial charge in [-0.2, -0.15) is 0 Å². The van der Waals surface area contributed by atoms with E-state index in [0.29, 0.717) is 18.4 Å². The maximum Gasteiger partial charge on any atom is 0.169 e. The third-order valence-corrected chi connectivity index (χ3v) is 4.76. The van der Waals surface area contributed by atoms with Gasteiger partial charge < -0.3 is 14.2 Å². The molecule has 0 spiro atoms. The Morgan fingerprint density at radius 3 is 1.97 bits per heavy atom. The van der Waals surface area contributed by atoms with E-state index >= 15 is 0 Å². The molecule has 3 aromatic rings. The van der Waals surface area contributed by atoms with Crippen LogP contribution in [-0.2, 0) is 0 Å². The first-order valence-corrected chi connectivity index (χ1v) is 10.6. The van der Waals surface area contributed by atoms with E-state index in [2.05, 4.69) is 45.9 Å². The highest BCUT2D eigenvalue weighted by Gasteiger charge is 2.11. The normalized spacial score (nSPS) is 11.2. The van der Waals surface area contributed by atoms with Gasteiger partial charge in [-0.15, -0.1) is 0 Å². The minimum atomic E-state index is 0.593. The minimum absolute atomic E-state index is 0.593. The molecule has 0 heterocycles. The summed E-state index contributed by atoms with van der Waals surface area (Å²) in [5, 5.41) is 2.19. The number of rotatable bonds is 10. The lowest BCUT2D eigenvalue weighted by Crippen LogP contribution is -2.03. The number of benzene rings is 3. The zero-order valence-electron chi connectivity index (χ0n) is 18.0. The minimum Gasteiger partial charge on any atom is -0.494 e. The van der Waals surface area contributed by atoms with Gasteiger partial charge >= 0.3 is 0 Å². The Balaban J connectivity index is 1.86. The molecule has 0 fully saturated rings. The largest absolute Gasteiger partial charge is 0.494 e. The molecule has 0 bridgehead atoms. The monoisotopic (exact) mass is 392 g/mol. The van der Waals surface area contributed by atoms with E-state index in [4.69, 9.17) is 14.2 Å². The van der Waals surface area contributed by atoms with Crippen molar-refractivity contribution in [3.05, 3.63) is 60.7 Å². The second-order valence-corrected chi connectivity index (χ2v) is 8.28. The van der Waals surface area contributed by atoms with Crippen molar-refractivity contribution in [3.63, 3.8) is 0 Å². The van der Waals surface area contributed by atoms with Crippen LogP contribution in [0.15, 0.2) is 60.7 Å². The number of ether oxygens (including phenoxy) is 3. The van der Waals surface area contributed by atoms with Crippen LogP contribution in [-0.4, -0.2) is 13.2 Å². The maximum absolute atomic E-state index is 6.14.